The maximum atomic E-state index is 13.9. The molecule has 0 unspecified atom stereocenters. The van der Waals surface area contributed by atoms with Crippen molar-refractivity contribution in [2.24, 2.45) is 0 Å². The molecule has 0 saturated carbocycles. The van der Waals surface area contributed by atoms with Crippen LogP contribution in [-0.4, -0.2) is 107 Å². The molecular formula is C40H42N6O12. The van der Waals surface area contributed by atoms with Gasteiger partial charge in [0.25, 0.3) is 0 Å². The van der Waals surface area contributed by atoms with E-state index >= 15 is 0 Å². The van der Waals surface area contributed by atoms with Crippen LogP contribution in [0.1, 0.15) is 43.0 Å². The summed E-state index contributed by atoms with van der Waals surface area (Å²) < 4.78 is 11.1. The Hall–Kier alpha value is -7.18. The maximum Gasteiger partial charge on any atom is 0.405 e. The minimum Gasteiger partial charge on any atom is -0.507 e. The van der Waals surface area contributed by atoms with Crippen LogP contribution in [0.2, 0.25) is 0 Å². The first kappa shape index (κ1) is 42.0. The Balaban J connectivity index is 1.24. The lowest BCUT2D eigenvalue weighted by Gasteiger charge is -2.25. The second-order valence-corrected chi connectivity index (χ2v) is 12.9. The molecule has 0 fully saturated rings. The minimum atomic E-state index is -1.43. The highest BCUT2D eigenvalue weighted by molar-refractivity contribution is 6.33. The van der Waals surface area contributed by atoms with E-state index in [1.807, 2.05) is 60.7 Å². The standard InChI is InChI=1S/C40H42N6O12/c47-29-13-14-30(48)34-33(29)35(49)31-25(41-15-17-43-37(51)27(45-39(53)54)21-57-19-23-7-3-1-4-8-23)11-12-26(32(31)36(34)50)42-16-18-44-38(52)28(46-40(55)56)22-58-20-24-9-5-2-6-10-24/h1-14,27-28,41-42,45-48H,15-22H2,(H,43,51)(H,44,52)(H,53,54)(H,55,56)/t27-,28-/m0/s1. The van der Waals surface area contributed by atoms with Crippen LogP contribution < -0.4 is 31.9 Å². The number of ketones is 2. The smallest absolute Gasteiger partial charge is 0.405 e. The number of carboxylic acid groups (broad SMARTS) is 2. The molecule has 4 aromatic carbocycles. The summed E-state index contributed by atoms with van der Waals surface area (Å²) in [6.45, 7) is -0.296. The average Bonchev–Trinajstić information content (AvgIpc) is 3.20. The molecule has 10 N–H and O–H groups in total. The summed E-state index contributed by atoms with van der Waals surface area (Å²) >= 11 is 0. The first-order valence-electron chi connectivity index (χ1n) is 18.0. The average molecular weight is 799 g/mol. The van der Waals surface area contributed by atoms with Gasteiger partial charge in [-0.3, -0.25) is 19.2 Å². The van der Waals surface area contributed by atoms with Gasteiger partial charge in [-0.15, -0.1) is 0 Å². The van der Waals surface area contributed by atoms with Crippen LogP contribution in [0.25, 0.3) is 0 Å². The number of anilines is 2. The highest BCUT2D eigenvalue weighted by atomic mass is 16.5. The molecule has 18 nitrogen and oxygen atoms in total. The molecule has 0 spiro atoms. The summed E-state index contributed by atoms with van der Waals surface area (Å²) in [4.78, 5) is 76.4. The van der Waals surface area contributed by atoms with Crippen LogP contribution in [0.15, 0.2) is 84.9 Å². The lowest BCUT2D eigenvalue weighted by atomic mass is 9.81. The van der Waals surface area contributed by atoms with Crippen LogP contribution in [0.5, 0.6) is 11.5 Å². The van der Waals surface area contributed by atoms with Gasteiger partial charge in [0.15, 0.2) is 0 Å². The number of aromatic hydroxyl groups is 2. The molecule has 4 aromatic rings. The minimum absolute atomic E-state index is 0.00259. The third-order valence-corrected chi connectivity index (χ3v) is 8.77. The van der Waals surface area contributed by atoms with Crippen molar-refractivity contribution in [3.63, 3.8) is 0 Å². The predicted molar refractivity (Wildman–Crippen MR) is 208 cm³/mol. The SMILES string of the molecule is O=C(O)N[C@@H](COCc1ccccc1)C(=O)NCCNc1ccc(NCCNC(=O)[C@H](COCc2ccccc2)NC(=O)O)c2c1C(=O)c1c(O)ccc(O)c1C2=O. The van der Waals surface area contributed by atoms with Gasteiger partial charge in [-0.05, 0) is 35.4 Å². The van der Waals surface area contributed by atoms with Crippen molar-refractivity contribution in [2.75, 3.05) is 50.0 Å². The molecule has 1 aliphatic rings. The highest BCUT2D eigenvalue weighted by Crippen LogP contribution is 2.42. The largest absolute Gasteiger partial charge is 0.507 e. The van der Waals surface area contributed by atoms with E-state index < -0.39 is 70.3 Å². The second kappa shape index (κ2) is 20.1. The summed E-state index contributed by atoms with van der Waals surface area (Å²) in [7, 11) is 0. The van der Waals surface area contributed by atoms with Crippen molar-refractivity contribution in [3.05, 3.63) is 118 Å². The van der Waals surface area contributed by atoms with Crippen molar-refractivity contribution in [1.82, 2.24) is 21.3 Å². The number of carbonyl (C=O) groups excluding carboxylic acids is 4. The molecule has 0 bridgehead atoms. The number of fused-ring (bicyclic) bond motifs is 2. The van der Waals surface area contributed by atoms with E-state index in [1.165, 1.54) is 12.1 Å². The number of hydrogen-bond acceptors (Lipinski definition) is 12. The Kier molecular flexibility index (Phi) is 14.6. The molecule has 0 saturated heterocycles. The zero-order valence-corrected chi connectivity index (χ0v) is 30.9. The van der Waals surface area contributed by atoms with Gasteiger partial charge in [-0.1, -0.05) is 60.7 Å². The number of carbonyl (C=O) groups is 6. The Morgan fingerprint density at radius 1 is 0.517 bits per heavy atom. The summed E-state index contributed by atoms with van der Waals surface area (Å²) in [5.74, 6) is -3.95. The first-order chi connectivity index (χ1) is 27.9. The number of rotatable bonds is 20. The van der Waals surface area contributed by atoms with Gasteiger partial charge in [0.05, 0.1) is 48.7 Å². The number of nitrogens with one attached hydrogen (secondary N) is 6. The fourth-order valence-electron chi connectivity index (χ4n) is 6.07. The van der Waals surface area contributed by atoms with E-state index in [0.29, 0.717) is 0 Å². The fourth-order valence-corrected chi connectivity index (χ4v) is 6.07. The number of amides is 4. The van der Waals surface area contributed by atoms with Crippen molar-refractivity contribution < 1.29 is 58.7 Å². The number of phenols is 2. The molecule has 2 atom stereocenters. The molecule has 0 radical (unpaired) electrons. The number of benzene rings is 4. The van der Waals surface area contributed by atoms with E-state index in [9.17, 15) is 49.2 Å². The highest BCUT2D eigenvalue weighted by Gasteiger charge is 2.38. The molecule has 0 aromatic heterocycles. The molecular weight excluding hydrogens is 756 g/mol. The summed E-state index contributed by atoms with van der Waals surface area (Å²) in [5.41, 5.74) is 0.886. The van der Waals surface area contributed by atoms with Crippen LogP contribution in [-0.2, 0) is 32.3 Å². The summed E-state index contributed by atoms with van der Waals surface area (Å²) in [5, 5.41) is 55.2. The van der Waals surface area contributed by atoms with E-state index in [2.05, 4.69) is 31.9 Å². The van der Waals surface area contributed by atoms with Crippen LogP contribution in [0, 0.1) is 0 Å². The Bertz CT molecular complexity index is 1980. The molecule has 0 aliphatic heterocycles. The van der Waals surface area contributed by atoms with Crippen molar-refractivity contribution >= 4 is 46.9 Å². The van der Waals surface area contributed by atoms with Gasteiger partial charge in [0, 0.05) is 37.6 Å². The van der Waals surface area contributed by atoms with Gasteiger partial charge in [-0.25, -0.2) is 9.59 Å². The van der Waals surface area contributed by atoms with Gasteiger partial charge in [0.2, 0.25) is 23.4 Å². The maximum absolute atomic E-state index is 13.9. The molecule has 0 heterocycles. The second-order valence-electron chi connectivity index (χ2n) is 12.9. The van der Waals surface area contributed by atoms with E-state index in [-0.39, 0.29) is 75.1 Å². The quantitative estimate of drug-likeness (QED) is 0.0401. The number of hydrogen-bond donors (Lipinski definition) is 10. The van der Waals surface area contributed by atoms with Crippen LogP contribution in [0.3, 0.4) is 0 Å². The number of phenolic OH excluding ortho intramolecular Hbond substituents is 2. The Morgan fingerprint density at radius 3 is 1.26 bits per heavy atom. The zero-order valence-electron chi connectivity index (χ0n) is 30.9. The monoisotopic (exact) mass is 798 g/mol. The number of ether oxygens (including phenoxy) is 2. The Morgan fingerprint density at radius 2 is 0.897 bits per heavy atom. The molecule has 4 amide bonds. The van der Waals surface area contributed by atoms with Crippen molar-refractivity contribution in [2.45, 2.75) is 25.3 Å². The first-order valence-corrected chi connectivity index (χ1v) is 18.0. The lowest BCUT2D eigenvalue weighted by Crippen LogP contribution is -2.49. The van der Waals surface area contributed by atoms with Crippen molar-refractivity contribution in [1.29, 1.82) is 0 Å². The van der Waals surface area contributed by atoms with Crippen LogP contribution in [0.4, 0.5) is 21.0 Å². The predicted octanol–water partition coefficient (Wildman–Crippen LogP) is 2.64. The third kappa shape index (κ3) is 11.0. The molecule has 18 heteroatoms. The fraction of sp³-hybridized carbons (Fsp3) is 0.250. The van der Waals surface area contributed by atoms with Gasteiger partial charge in [-0.2, -0.15) is 0 Å². The zero-order chi connectivity index (χ0) is 41.6. The molecule has 58 heavy (non-hydrogen) atoms. The van der Waals surface area contributed by atoms with Gasteiger partial charge < -0.3 is 61.8 Å². The molecule has 304 valence electrons. The molecule has 1 aliphatic carbocycles. The van der Waals surface area contributed by atoms with Crippen LogP contribution >= 0.6 is 0 Å². The summed E-state index contributed by atoms with van der Waals surface area (Å²) in [6.07, 6.45) is -2.85. The topological polar surface area (TPSA) is 274 Å². The summed E-state index contributed by atoms with van der Waals surface area (Å²) in [6, 6.07) is 20.9. The Labute approximate surface area is 331 Å². The molecule has 5 rings (SSSR count). The normalized spacial score (nSPS) is 12.6. The van der Waals surface area contributed by atoms with E-state index in [4.69, 9.17) is 9.47 Å². The van der Waals surface area contributed by atoms with E-state index in [0.717, 1.165) is 23.3 Å². The lowest BCUT2D eigenvalue weighted by molar-refractivity contribution is -0.125. The van der Waals surface area contributed by atoms with Gasteiger partial charge in [0.1, 0.15) is 23.6 Å². The van der Waals surface area contributed by atoms with E-state index in [1.54, 1.807) is 0 Å². The van der Waals surface area contributed by atoms with Crippen molar-refractivity contribution in [3.8, 4) is 11.5 Å². The third-order valence-electron chi connectivity index (χ3n) is 8.77. The van der Waals surface area contributed by atoms with Gasteiger partial charge >= 0.3 is 12.2 Å².